The smallest absolute Gasteiger partial charge is 0.416 e. The summed E-state index contributed by atoms with van der Waals surface area (Å²) in [6.07, 6.45) is -2.84. The van der Waals surface area contributed by atoms with Crippen LogP contribution in [0.25, 0.3) is 0 Å². The average Bonchev–Trinajstić information content (AvgIpc) is 2.53. The first-order valence-corrected chi connectivity index (χ1v) is 7.83. The van der Waals surface area contributed by atoms with Gasteiger partial charge >= 0.3 is 12.1 Å². The van der Waals surface area contributed by atoms with E-state index in [0.29, 0.717) is 24.9 Å². The number of hydrogen-bond donors (Lipinski definition) is 4. The van der Waals surface area contributed by atoms with E-state index in [1.54, 1.807) is 0 Å². The van der Waals surface area contributed by atoms with E-state index in [1.165, 1.54) is 12.1 Å². The number of carboxylic acids is 1. The molecule has 25 heavy (non-hydrogen) atoms. The summed E-state index contributed by atoms with van der Waals surface area (Å²) < 4.78 is 37.4. The number of carboxylic acid groups (broad SMARTS) is 1. The molecule has 0 aliphatic carbocycles. The van der Waals surface area contributed by atoms with Gasteiger partial charge in [-0.2, -0.15) is 13.2 Å². The number of alkyl halides is 3. The summed E-state index contributed by atoms with van der Waals surface area (Å²) in [6.45, 7) is 0.507. The monoisotopic (exact) mass is 361 g/mol. The van der Waals surface area contributed by atoms with Crippen LogP contribution in [0.2, 0.25) is 0 Å². The Kier molecular flexibility index (Phi) is 8.36. The van der Waals surface area contributed by atoms with Crippen molar-refractivity contribution in [2.45, 2.75) is 38.0 Å². The lowest BCUT2D eigenvalue weighted by Gasteiger charge is -2.14. The molecule has 0 radical (unpaired) electrons. The van der Waals surface area contributed by atoms with Crippen molar-refractivity contribution in [1.29, 1.82) is 0 Å². The Balaban J connectivity index is 2.39. The van der Waals surface area contributed by atoms with E-state index in [1.807, 2.05) is 0 Å². The molecule has 140 valence electrons. The normalized spacial score (nSPS) is 12.6. The summed E-state index contributed by atoms with van der Waals surface area (Å²) in [4.78, 5) is 22.8. The Bertz CT molecular complexity index is 562. The SMILES string of the molecule is NCCCCC(NC(=O)CNCc1ccc(C(F)(F)F)cc1)C(=O)O. The zero-order chi connectivity index (χ0) is 18.9. The Morgan fingerprint density at radius 2 is 1.80 bits per heavy atom. The van der Waals surface area contributed by atoms with E-state index < -0.39 is 29.7 Å². The fraction of sp³-hybridized carbons (Fsp3) is 0.500. The highest BCUT2D eigenvalue weighted by Gasteiger charge is 2.29. The van der Waals surface area contributed by atoms with Gasteiger partial charge in [-0.05, 0) is 43.5 Å². The Hall–Kier alpha value is -2.13. The molecule has 1 aromatic carbocycles. The van der Waals surface area contributed by atoms with E-state index in [0.717, 1.165) is 12.1 Å². The maximum absolute atomic E-state index is 12.5. The van der Waals surface area contributed by atoms with Gasteiger partial charge < -0.3 is 21.5 Å². The number of benzene rings is 1. The highest BCUT2D eigenvalue weighted by Crippen LogP contribution is 2.28. The standard InChI is InChI=1S/C16H22F3N3O3/c17-16(18,19)12-6-4-11(5-7-12)9-21-10-14(23)22-13(15(24)25)3-1-2-8-20/h4-7,13,21H,1-3,8-10,20H2,(H,22,23)(H,24,25). The molecule has 1 rings (SSSR count). The maximum atomic E-state index is 12.5. The van der Waals surface area contributed by atoms with E-state index >= 15 is 0 Å². The quantitative estimate of drug-likeness (QED) is 0.473. The Labute approximate surface area is 143 Å². The van der Waals surface area contributed by atoms with Crippen LogP contribution in [0.5, 0.6) is 0 Å². The van der Waals surface area contributed by atoms with Crippen molar-refractivity contribution in [2.24, 2.45) is 5.73 Å². The summed E-state index contributed by atoms with van der Waals surface area (Å²) in [5, 5.41) is 14.2. The number of unbranched alkanes of at least 4 members (excludes halogenated alkanes) is 1. The second kappa shape index (κ2) is 10.00. The molecule has 0 heterocycles. The van der Waals surface area contributed by atoms with Gasteiger partial charge in [0.15, 0.2) is 0 Å². The first kappa shape index (κ1) is 20.9. The van der Waals surface area contributed by atoms with Crippen molar-refractivity contribution in [3.05, 3.63) is 35.4 Å². The van der Waals surface area contributed by atoms with Crippen LogP contribution in [0.1, 0.15) is 30.4 Å². The number of carbonyl (C=O) groups is 2. The molecule has 0 bridgehead atoms. The van der Waals surface area contributed by atoms with Crippen LogP contribution < -0.4 is 16.4 Å². The zero-order valence-corrected chi connectivity index (χ0v) is 13.6. The van der Waals surface area contributed by atoms with E-state index in [9.17, 15) is 22.8 Å². The summed E-state index contributed by atoms with van der Waals surface area (Å²) >= 11 is 0. The molecule has 0 fully saturated rings. The third-order valence-corrected chi connectivity index (χ3v) is 3.48. The van der Waals surface area contributed by atoms with Crippen LogP contribution >= 0.6 is 0 Å². The van der Waals surface area contributed by atoms with Crippen LogP contribution in [0.15, 0.2) is 24.3 Å². The lowest BCUT2D eigenvalue weighted by atomic mass is 10.1. The average molecular weight is 361 g/mol. The van der Waals surface area contributed by atoms with Crippen LogP contribution in [0, 0.1) is 0 Å². The van der Waals surface area contributed by atoms with Gasteiger partial charge in [0, 0.05) is 6.54 Å². The second-order valence-electron chi connectivity index (χ2n) is 5.54. The molecule has 0 saturated carbocycles. The predicted molar refractivity (Wildman–Crippen MR) is 85.6 cm³/mol. The largest absolute Gasteiger partial charge is 0.480 e. The number of nitrogens with one attached hydrogen (secondary N) is 2. The number of aliphatic carboxylic acids is 1. The summed E-state index contributed by atoms with van der Waals surface area (Å²) in [5.74, 6) is -1.61. The Morgan fingerprint density at radius 1 is 1.16 bits per heavy atom. The molecule has 1 aromatic rings. The molecular weight excluding hydrogens is 339 g/mol. The number of nitrogens with two attached hydrogens (primary N) is 1. The minimum Gasteiger partial charge on any atom is -0.480 e. The van der Waals surface area contributed by atoms with E-state index in [-0.39, 0.29) is 19.5 Å². The molecular formula is C16H22F3N3O3. The van der Waals surface area contributed by atoms with E-state index in [4.69, 9.17) is 10.8 Å². The molecule has 0 aromatic heterocycles. The number of hydrogen-bond acceptors (Lipinski definition) is 4. The molecule has 1 amide bonds. The molecule has 1 unspecified atom stereocenters. The first-order valence-electron chi connectivity index (χ1n) is 7.83. The molecule has 6 nitrogen and oxygen atoms in total. The fourth-order valence-corrected chi connectivity index (χ4v) is 2.13. The second-order valence-corrected chi connectivity index (χ2v) is 5.54. The van der Waals surface area contributed by atoms with Gasteiger partial charge in [-0.15, -0.1) is 0 Å². The fourth-order valence-electron chi connectivity index (χ4n) is 2.13. The number of carbonyl (C=O) groups excluding carboxylic acids is 1. The Morgan fingerprint density at radius 3 is 2.32 bits per heavy atom. The molecule has 0 aliphatic rings. The molecule has 1 atom stereocenters. The summed E-state index contributed by atoms with van der Waals surface area (Å²) in [5.41, 5.74) is 5.18. The van der Waals surface area contributed by atoms with Crippen LogP contribution in [-0.2, 0) is 22.3 Å². The maximum Gasteiger partial charge on any atom is 0.416 e. The van der Waals surface area contributed by atoms with Crippen LogP contribution in [-0.4, -0.2) is 36.1 Å². The molecule has 5 N–H and O–H groups in total. The summed E-state index contributed by atoms with van der Waals surface area (Å²) in [6, 6.07) is 3.59. The lowest BCUT2D eigenvalue weighted by Crippen LogP contribution is -2.44. The van der Waals surface area contributed by atoms with Crippen molar-refractivity contribution < 1.29 is 27.9 Å². The minimum atomic E-state index is -4.39. The zero-order valence-electron chi connectivity index (χ0n) is 13.6. The van der Waals surface area contributed by atoms with Gasteiger partial charge in [0.05, 0.1) is 12.1 Å². The third-order valence-electron chi connectivity index (χ3n) is 3.48. The minimum absolute atomic E-state index is 0.137. The number of amides is 1. The lowest BCUT2D eigenvalue weighted by molar-refractivity contribution is -0.142. The van der Waals surface area contributed by atoms with Gasteiger partial charge in [-0.1, -0.05) is 12.1 Å². The predicted octanol–water partition coefficient (Wildman–Crippen LogP) is 1.49. The van der Waals surface area contributed by atoms with E-state index in [2.05, 4.69) is 10.6 Å². The van der Waals surface area contributed by atoms with Gasteiger partial charge in [0.1, 0.15) is 6.04 Å². The third kappa shape index (κ3) is 7.99. The molecule has 9 heteroatoms. The topological polar surface area (TPSA) is 104 Å². The number of rotatable bonds is 10. The first-order chi connectivity index (χ1) is 11.7. The summed E-state index contributed by atoms with van der Waals surface area (Å²) in [7, 11) is 0. The highest BCUT2D eigenvalue weighted by molar-refractivity contribution is 5.84. The van der Waals surface area contributed by atoms with Crippen molar-refractivity contribution in [3.63, 3.8) is 0 Å². The molecule has 0 spiro atoms. The molecule has 0 saturated heterocycles. The van der Waals surface area contributed by atoms with Gasteiger partial charge in [0.25, 0.3) is 0 Å². The van der Waals surface area contributed by atoms with Crippen LogP contribution in [0.3, 0.4) is 0 Å². The molecule has 0 aliphatic heterocycles. The van der Waals surface area contributed by atoms with Gasteiger partial charge in [-0.3, -0.25) is 4.79 Å². The van der Waals surface area contributed by atoms with Crippen molar-refractivity contribution in [2.75, 3.05) is 13.1 Å². The van der Waals surface area contributed by atoms with Crippen LogP contribution in [0.4, 0.5) is 13.2 Å². The van der Waals surface area contributed by atoms with Gasteiger partial charge in [-0.25, -0.2) is 4.79 Å². The van der Waals surface area contributed by atoms with Crippen molar-refractivity contribution >= 4 is 11.9 Å². The number of halogens is 3. The van der Waals surface area contributed by atoms with Crippen molar-refractivity contribution in [3.8, 4) is 0 Å². The van der Waals surface area contributed by atoms with Gasteiger partial charge in [0.2, 0.25) is 5.91 Å². The van der Waals surface area contributed by atoms with Crippen molar-refractivity contribution in [1.82, 2.24) is 10.6 Å². The highest BCUT2D eigenvalue weighted by atomic mass is 19.4.